The molecule has 2 rings (SSSR count). The maximum Gasteiger partial charge on any atom is 0.224 e. The smallest absolute Gasteiger partial charge is 0.224 e. The summed E-state index contributed by atoms with van der Waals surface area (Å²) in [6.45, 7) is 0.766. The van der Waals surface area contributed by atoms with E-state index in [0.717, 1.165) is 19.4 Å². The van der Waals surface area contributed by atoms with Crippen molar-refractivity contribution in [3.63, 3.8) is 0 Å². The van der Waals surface area contributed by atoms with Gasteiger partial charge in [-0.3, -0.25) is 4.79 Å². The lowest BCUT2D eigenvalue weighted by molar-refractivity contribution is -0.116. The van der Waals surface area contributed by atoms with Crippen molar-refractivity contribution in [2.75, 3.05) is 11.9 Å². The van der Waals surface area contributed by atoms with Crippen molar-refractivity contribution in [1.82, 2.24) is 0 Å². The number of hydrogen-bond donors (Lipinski definition) is 2. The Hall–Kier alpha value is -1.53. The standard InChI is InChI=1S/C14H17FN2O2S/c15-10-4-1-5-11(13(10)14(16)20)17-12(18)7-6-9-3-2-8-19-9/h1,4-5,9H,2-3,6-8H2,(H2,16,20)(H,17,18). The van der Waals surface area contributed by atoms with Gasteiger partial charge in [-0.2, -0.15) is 0 Å². The van der Waals surface area contributed by atoms with Crippen LogP contribution in [0, 0.1) is 5.82 Å². The Bertz CT molecular complexity index is 516. The molecule has 4 nitrogen and oxygen atoms in total. The molecule has 1 amide bonds. The molecule has 1 atom stereocenters. The first kappa shape index (κ1) is 14.9. The van der Waals surface area contributed by atoms with E-state index in [4.69, 9.17) is 22.7 Å². The summed E-state index contributed by atoms with van der Waals surface area (Å²) in [7, 11) is 0. The van der Waals surface area contributed by atoms with Crippen molar-refractivity contribution in [1.29, 1.82) is 0 Å². The van der Waals surface area contributed by atoms with E-state index in [1.54, 1.807) is 6.07 Å². The molecule has 0 spiro atoms. The maximum absolute atomic E-state index is 13.6. The molecule has 1 heterocycles. The molecule has 0 bridgehead atoms. The van der Waals surface area contributed by atoms with Gasteiger partial charge in [0.1, 0.15) is 10.8 Å². The molecule has 1 aliphatic rings. The highest BCUT2D eigenvalue weighted by atomic mass is 32.1. The largest absolute Gasteiger partial charge is 0.389 e. The molecule has 0 saturated carbocycles. The summed E-state index contributed by atoms with van der Waals surface area (Å²) in [5, 5.41) is 2.65. The maximum atomic E-state index is 13.6. The molecular weight excluding hydrogens is 279 g/mol. The Balaban J connectivity index is 1.96. The average molecular weight is 296 g/mol. The molecule has 108 valence electrons. The van der Waals surface area contributed by atoms with Gasteiger partial charge >= 0.3 is 0 Å². The Morgan fingerprint density at radius 1 is 1.55 bits per heavy atom. The van der Waals surface area contributed by atoms with E-state index in [1.807, 2.05) is 0 Å². The Morgan fingerprint density at radius 3 is 3.00 bits per heavy atom. The summed E-state index contributed by atoms with van der Waals surface area (Å²) in [4.78, 5) is 11.8. The van der Waals surface area contributed by atoms with E-state index in [1.165, 1.54) is 12.1 Å². The van der Waals surface area contributed by atoms with Crippen LogP contribution in [0.25, 0.3) is 0 Å². The van der Waals surface area contributed by atoms with Gasteiger partial charge < -0.3 is 15.8 Å². The number of hydrogen-bond acceptors (Lipinski definition) is 3. The zero-order chi connectivity index (χ0) is 14.5. The molecule has 6 heteroatoms. The second kappa shape index (κ2) is 6.76. The summed E-state index contributed by atoms with van der Waals surface area (Å²) >= 11 is 4.81. The van der Waals surface area contributed by atoms with Crippen molar-refractivity contribution in [2.24, 2.45) is 5.73 Å². The molecule has 1 saturated heterocycles. The number of rotatable bonds is 5. The van der Waals surface area contributed by atoms with Crippen LogP contribution in [-0.4, -0.2) is 23.6 Å². The van der Waals surface area contributed by atoms with Crippen molar-refractivity contribution in [3.05, 3.63) is 29.6 Å². The Morgan fingerprint density at radius 2 is 2.35 bits per heavy atom. The first-order chi connectivity index (χ1) is 9.58. The van der Waals surface area contributed by atoms with E-state index in [-0.39, 0.29) is 22.6 Å². The van der Waals surface area contributed by atoms with Crippen LogP contribution in [0.5, 0.6) is 0 Å². The second-order valence-corrected chi connectivity index (χ2v) is 5.19. The van der Waals surface area contributed by atoms with Gasteiger partial charge in [-0.05, 0) is 31.4 Å². The van der Waals surface area contributed by atoms with Gasteiger partial charge in [-0.1, -0.05) is 18.3 Å². The SMILES string of the molecule is NC(=S)c1c(F)cccc1NC(=O)CCC1CCCO1. The van der Waals surface area contributed by atoms with Gasteiger partial charge in [-0.25, -0.2) is 4.39 Å². The van der Waals surface area contributed by atoms with E-state index >= 15 is 0 Å². The average Bonchev–Trinajstić information content (AvgIpc) is 2.89. The monoisotopic (exact) mass is 296 g/mol. The van der Waals surface area contributed by atoms with Crippen LogP contribution < -0.4 is 11.1 Å². The third-order valence-corrected chi connectivity index (χ3v) is 3.46. The third-order valence-electron chi connectivity index (χ3n) is 3.25. The summed E-state index contributed by atoms with van der Waals surface area (Å²) in [6.07, 6.45) is 3.19. The fraction of sp³-hybridized carbons (Fsp3) is 0.429. The fourth-order valence-electron chi connectivity index (χ4n) is 2.26. The van der Waals surface area contributed by atoms with Gasteiger partial charge in [0.2, 0.25) is 5.91 Å². The predicted molar refractivity (Wildman–Crippen MR) is 79.1 cm³/mol. The van der Waals surface area contributed by atoms with Crippen LogP contribution in [0.1, 0.15) is 31.2 Å². The summed E-state index contributed by atoms with van der Waals surface area (Å²) in [6, 6.07) is 4.35. The number of carbonyl (C=O) groups is 1. The molecule has 1 aliphatic heterocycles. The zero-order valence-electron chi connectivity index (χ0n) is 11.0. The highest BCUT2D eigenvalue weighted by molar-refractivity contribution is 7.80. The Labute approximate surface area is 122 Å². The van der Waals surface area contributed by atoms with Crippen LogP contribution in [0.4, 0.5) is 10.1 Å². The second-order valence-electron chi connectivity index (χ2n) is 4.75. The molecule has 1 aromatic rings. The van der Waals surface area contributed by atoms with Crippen LogP contribution >= 0.6 is 12.2 Å². The van der Waals surface area contributed by atoms with Crippen molar-refractivity contribution < 1.29 is 13.9 Å². The number of thiocarbonyl (C=S) groups is 1. The number of anilines is 1. The molecule has 0 radical (unpaired) electrons. The first-order valence-corrected chi connectivity index (χ1v) is 6.98. The van der Waals surface area contributed by atoms with E-state index in [2.05, 4.69) is 5.32 Å². The number of halogens is 1. The molecule has 1 aromatic carbocycles. The number of benzene rings is 1. The molecular formula is C14H17FN2O2S. The molecule has 0 aliphatic carbocycles. The minimum Gasteiger partial charge on any atom is -0.389 e. The van der Waals surface area contributed by atoms with Crippen LogP contribution in [0.2, 0.25) is 0 Å². The molecule has 3 N–H and O–H groups in total. The lowest BCUT2D eigenvalue weighted by Crippen LogP contribution is -2.20. The zero-order valence-corrected chi connectivity index (χ0v) is 11.8. The minimum atomic E-state index is -0.533. The highest BCUT2D eigenvalue weighted by Crippen LogP contribution is 2.20. The van der Waals surface area contributed by atoms with Crippen molar-refractivity contribution >= 4 is 28.8 Å². The normalized spacial score (nSPS) is 17.9. The fourth-order valence-corrected chi connectivity index (χ4v) is 2.46. The number of amides is 1. The number of nitrogens with two attached hydrogens (primary N) is 1. The van der Waals surface area contributed by atoms with Gasteiger partial charge in [-0.15, -0.1) is 0 Å². The quantitative estimate of drug-likeness (QED) is 0.819. The van der Waals surface area contributed by atoms with E-state index < -0.39 is 5.82 Å². The summed E-state index contributed by atoms with van der Waals surface area (Å²) in [5.74, 6) is -0.724. The lowest BCUT2D eigenvalue weighted by Gasteiger charge is -2.12. The van der Waals surface area contributed by atoms with Crippen molar-refractivity contribution in [2.45, 2.75) is 31.8 Å². The lowest BCUT2D eigenvalue weighted by atomic mass is 10.1. The highest BCUT2D eigenvalue weighted by Gasteiger charge is 2.18. The van der Waals surface area contributed by atoms with Crippen LogP contribution in [-0.2, 0) is 9.53 Å². The summed E-state index contributed by atoms with van der Waals surface area (Å²) < 4.78 is 19.1. The Kier molecular flexibility index (Phi) is 5.03. The molecule has 0 aromatic heterocycles. The van der Waals surface area contributed by atoms with Crippen molar-refractivity contribution in [3.8, 4) is 0 Å². The van der Waals surface area contributed by atoms with Crippen LogP contribution in [0.3, 0.4) is 0 Å². The van der Waals surface area contributed by atoms with E-state index in [9.17, 15) is 9.18 Å². The van der Waals surface area contributed by atoms with Gasteiger partial charge in [0.05, 0.1) is 17.4 Å². The third kappa shape index (κ3) is 3.74. The molecule has 1 fully saturated rings. The summed E-state index contributed by atoms with van der Waals surface area (Å²) in [5.41, 5.74) is 5.88. The molecule has 1 unspecified atom stereocenters. The van der Waals surface area contributed by atoms with E-state index in [0.29, 0.717) is 18.5 Å². The number of carbonyl (C=O) groups excluding carboxylic acids is 1. The van der Waals surface area contributed by atoms with Gasteiger partial charge in [0, 0.05) is 13.0 Å². The number of ether oxygens (including phenoxy) is 1. The first-order valence-electron chi connectivity index (χ1n) is 6.57. The minimum absolute atomic E-state index is 0.0717. The predicted octanol–water partition coefficient (Wildman–Crippen LogP) is 2.36. The van der Waals surface area contributed by atoms with Gasteiger partial charge in [0.15, 0.2) is 0 Å². The van der Waals surface area contributed by atoms with Crippen LogP contribution in [0.15, 0.2) is 18.2 Å². The molecule has 20 heavy (non-hydrogen) atoms. The number of nitrogens with one attached hydrogen (secondary N) is 1. The van der Waals surface area contributed by atoms with Gasteiger partial charge in [0.25, 0.3) is 0 Å². The topological polar surface area (TPSA) is 64.3 Å².